The second-order valence-corrected chi connectivity index (χ2v) is 4.25. The van der Waals surface area contributed by atoms with E-state index in [-0.39, 0.29) is 11.7 Å². The van der Waals surface area contributed by atoms with Crippen LogP contribution >= 0.6 is 0 Å². The van der Waals surface area contributed by atoms with E-state index in [1.807, 2.05) is 0 Å². The molecule has 1 saturated heterocycles. The summed E-state index contributed by atoms with van der Waals surface area (Å²) in [6.45, 7) is 2.10. The molecule has 2 rings (SSSR count). The number of carbonyl (C=O) groups is 1. The first kappa shape index (κ1) is 13.0. The molecule has 0 spiro atoms. The third-order valence-corrected chi connectivity index (χ3v) is 3.10. The summed E-state index contributed by atoms with van der Waals surface area (Å²) in [5.41, 5.74) is -1.30. The number of alkyl halides is 3. The lowest BCUT2D eigenvalue weighted by Crippen LogP contribution is -2.24. The normalized spacial score (nSPS) is 24.2. The molecular formula is C12H12F3NO2. The van der Waals surface area contributed by atoms with Crippen LogP contribution in [0.3, 0.4) is 0 Å². The minimum absolute atomic E-state index is 0.348. The van der Waals surface area contributed by atoms with Gasteiger partial charge < -0.3 is 4.74 Å². The van der Waals surface area contributed by atoms with Crippen molar-refractivity contribution in [2.45, 2.75) is 25.6 Å². The van der Waals surface area contributed by atoms with Gasteiger partial charge in [0.1, 0.15) is 0 Å². The fourth-order valence-corrected chi connectivity index (χ4v) is 2.11. The number of nitrogens with zero attached hydrogens (tertiary/aromatic N) is 1. The van der Waals surface area contributed by atoms with E-state index in [2.05, 4.69) is 4.98 Å². The smallest absolute Gasteiger partial charge is 0.378 e. The molecule has 18 heavy (non-hydrogen) atoms. The summed E-state index contributed by atoms with van der Waals surface area (Å²) < 4.78 is 43.6. The highest BCUT2D eigenvalue weighted by Gasteiger charge is 2.39. The number of halogens is 3. The molecule has 0 radical (unpaired) electrons. The average Bonchev–Trinajstić information content (AvgIpc) is 2.73. The van der Waals surface area contributed by atoms with Crippen LogP contribution in [-0.4, -0.2) is 23.5 Å². The highest BCUT2D eigenvalue weighted by molar-refractivity contribution is 5.99. The Morgan fingerprint density at radius 2 is 2.22 bits per heavy atom. The minimum Gasteiger partial charge on any atom is -0.378 e. The molecule has 1 aliphatic rings. The molecule has 0 amide bonds. The summed E-state index contributed by atoms with van der Waals surface area (Å²) in [6.07, 6.45) is -2.42. The summed E-state index contributed by atoms with van der Waals surface area (Å²) in [6, 6.07) is 0.827. The van der Waals surface area contributed by atoms with Crippen LogP contribution in [-0.2, 0) is 10.9 Å². The van der Waals surface area contributed by atoms with E-state index in [0.29, 0.717) is 13.0 Å². The van der Waals surface area contributed by atoms with Crippen molar-refractivity contribution >= 4 is 5.78 Å². The Morgan fingerprint density at radius 3 is 2.78 bits per heavy atom. The van der Waals surface area contributed by atoms with Gasteiger partial charge in [0.15, 0.2) is 5.78 Å². The number of ketones is 1. The highest BCUT2D eigenvalue weighted by Crippen LogP contribution is 2.34. The average molecular weight is 259 g/mol. The van der Waals surface area contributed by atoms with Crippen molar-refractivity contribution in [3.8, 4) is 0 Å². The fraction of sp³-hybridized carbons (Fsp3) is 0.500. The van der Waals surface area contributed by atoms with Crippen LogP contribution in [0.15, 0.2) is 18.5 Å². The quantitative estimate of drug-likeness (QED) is 0.766. The van der Waals surface area contributed by atoms with Crippen LogP contribution in [0.25, 0.3) is 0 Å². The second kappa shape index (κ2) is 4.68. The third kappa shape index (κ3) is 2.38. The van der Waals surface area contributed by atoms with Gasteiger partial charge in [0.25, 0.3) is 0 Å². The molecule has 2 unspecified atom stereocenters. The van der Waals surface area contributed by atoms with E-state index in [0.717, 1.165) is 18.5 Å². The summed E-state index contributed by atoms with van der Waals surface area (Å²) in [4.78, 5) is 15.7. The SMILES string of the molecule is CC1OCCC1C(=O)c1cnccc1C(F)(F)F. The summed E-state index contributed by atoms with van der Waals surface area (Å²) >= 11 is 0. The Kier molecular flexibility index (Phi) is 3.38. The maximum atomic E-state index is 12.8. The van der Waals surface area contributed by atoms with Gasteiger partial charge in [0.05, 0.1) is 17.6 Å². The van der Waals surface area contributed by atoms with Crippen molar-refractivity contribution in [1.82, 2.24) is 4.98 Å². The second-order valence-electron chi connectivity index (χ2n) is 4.25. The number of hydrogen-bond donors (Lipinski definition) is 0. The third-order valence-electron chi connectivity index (χ3n) is 3.10. The number of ether oxygens (including phenoxy) is 1. The van der Waals surface area contributed by atoms with E-state index in [9.17, 15) is 18.0 Å². The van der Waals surface area contributed by atoms with Crippen LogP contribution < -0.4 is 0 Å². The molecule has 3 nitrogen and oxygen atoms in total. The molecule has 0 saturated carbocycles. The first-order chi connectivity index (χ1) is 8.41. The molecule has 0 aromatic carbocycles. The van der Waals surface area contributed by atoms with Crippen LogP contribution in [0, 0.1) is 5.92 Å². The van der Waals surface area contributed by atoms with Gasteiger partial charge in [-0.3, -0.25) is 9.78 Å². The number of aromatic nitrogens is 1. The number of hydrogen-bond acceptors (Lipinski definition) is 3. The molecule has 6 heteroatoms. The van der Waals surface area contributed by atoms with Crippen LogP contribution in [0.5, 0.6) is 0 Å². The zero-order valence-electron chi connectivity index (χ0n) is 9.70. The lowest BCUT2D eigenvalue weighted by molar-refractivity contribution is -0.138. The molecule has 2 heterocycles. The number of carbonyl (C=O) groups excluding carboxylic acids is 1. The van der Waals surface area contributed by atoms with Crippen LogP contribution in [0.1, 0.15) is 29.3 Å². The van der Waals surface area contributed by atoms with E-state index < -0.39 is 23.4 Å². The number of rotatable bonds is 2. The number of pyridine rings is 1. The molecule has 1 fully saturated rings. The zero-order valence-corrected chi connectivity index (χ0v) is 9.70. The van der Waals surface area contributed by atoms with E-state index in [1.54, 1.807) is 6.92 Å². The molecule has 0 N–H and O–H groups in total. The standard InChI is InChI=1S/C12H12F3NO2/c1-7-8(3-5-18-7)11(17)9-6-16-4-2-10(9)12(13,14)15/h2,4,6-8H,3,5H2,1H3. The fourth-order valence-electron chi connectivity index (χ4n) is 2.11. The highest BCUT2D eigenvalue weighted by atomic mass is 19.4. The van der Waals surface area contributed by atoms with Crippen molar-refractivity contribution in [3.05, 3.63) is 29.6 Å². The lowest BCUT2D eigenvalue weighted by atomic mass is 9.91. The van der Waals surface area contributed by atoms with Gasteiger partial charge in [0.2, 0.25) is 0 Å². The lowest BCUT2D eigenvalue weighted by Gasteiger charge is -2.16. The van der Waals surface area contributed by atoms with Crippen LogP contribution in [0.2, 0.25) is 0 Å². The van der Waals surface area contributed by atoms with Crippen molar-refractivity contribution in [2.24, 2.45) is 5.92 Å². The molecule has 0 bridgehead atoms. The van der Waals surface area contributed by atoms with Crippen molar-refractivity contribution in [3.63, 3.8) is 0 Å². The van der Waals surface area contributed by atoms with Gasteiger partial charge >= 0.3 is 6.18 Å². The van der Waals surface area contributed by atoms with Gasteiger partial charge in [0, 0.05) is 24.6 Å². The van der Waals surface area contributed by atoms with Gasteiger partial charge in [-0.25, -0.2) is 0 Å². The van der Waals surface area contributed by atoms with E-state index in [4.69, 9.17) is 4.74 Å². The van der Waals surface area contributed by atoms with Gasteiger partial charge in [-0.15, -0.1) is 0 Å². The molecule has 1 aliphatic heterocycles. The van der Waals surface area contributed by atoms with Gasteiger partial charge in [-0.1, -0.05) is 0 Å². The predicted octanol–water partition coefficient (Wildman–Crippen LogP) is 2.71. The Hall–Kier alpha value is -1.43. The Morgan fingerprint density at radius 1 is 1.50 bits per heavy atom. The number of Topliss-reactive ketones (excluding diaryl/α,β-unsaturated/α-hetero) is 1. The molecular weight excluding hydrogens is 247 g/mol. The van der Waals surface area contributed by atoms with E-state index in [1.165, 1.54) is 0 Å². The Bertz CT molecular complexity index is 459. The maximum absolute atomic E-state index is 12.8. The van der Waals surface area contributed by atoms with Crippen molar-refractivity contribution in [2.75, 3.05) is 6.61 Å². The summed E-state index contributed by atoms with van der Waals surface area (Å²) in [5, 5.41) is 0. The molecule has 2 atom stereocenters. The zero-order chi connectivity index (χ0) is 13.3. The van der Waals surface area contributed by atoms with Crippen LogP contribution in [0.4, 0.5) is 13.2 Å². The topological polar surface area (TPSA) is 39.2 Å². The Labute approximate surface area is 102 Å². The largest absolute Gasteiger partial charge is 0.417 e. The summed E-state index contributed by atoms with van der Waals surface area (Å²) in [5.74, 6) is -1.06. The molecule has 98 valence electrons. The molecule has 0 aliphatic carbocycles. The molecule has 1 aromatic heterocycles. The first-order valence-corrected chi connectivity index (χ1v) is 5.58. The summed E-state index contributed by atoms with van der Waals surface area (Å²) in [7, 11) is 0. The van der Waals surface area contributed by atoms with E-state index >= 15 is 0 Å². The predicted molar refractivity (Wildman–Crippen MR) is 57.1 cm³/mol. The van der Waals surface area contributed by atoms with Crippen molar-refractivity contribution in [1.29, 1.82) is 0 Å². The van der Waals surface area contributed by atoms with Gasteiger partial charge in [-0.05, 0) is 19.4 Å². The molecule has 1 aromatic rings. The minimum atomic E-state index is -4.55. The monoisotopic (exact) mass is 259 g/mol. The first-order valence-electron chi connectivity index (χ1n) is 5.58. The van der Waals surface area contributed by atoms with Crippen molar-refractivity contribution < 1.29 is 22.7 Å². The Balaban J connectivity index is 2.36. The maximum Gasteiger partial charge on any atom is 0.417 e. The van der Waals surface area contributed by atoms with Gasteiger partial charge in [-0.2, -0.15) is 13.2 Å².